The summed E-state index contributed by atoms with van der Waals surface area (Å²) in [6, 6.07) is 1.98. The summed E-state index contributed by atoms with van der Waals surface area (Å²) in [5.41, 5.74) is 2.23. The van der Waals surface area contributed by atoms with E-state index in [2.05, 4.69) is 33.8 Å². The first kappa shape index (κ1) is 18.2. The maximum Gasteiger partial charge on any atom is 0.326 e. The number of hydrogen-bond acceptors (Lipinski definition) is 4. The van der Waals surface area contributed by atoms with Crippen LogP contribution in [0.5, 0.6) is 0 Å². The number of imidazole rings is 1. The van der Waals surface area contributed by atoms with Gasteiger partial charge >= 0.3 is 11.7 Å². The average Bonchev–Trinajstić information content (AvgIpc) is 3.32. The topological polar surface area (TPSA) is 93.3 Å². The van der Waals surface area contributed by atoms with Crippen LogP contribution in [0, 0.1) is 5.92 Å². The number of nitrogens with zero attached hydrogens (tertiary/aromatic N) is 5. The molecule has 2 unspecified atom stereocenters. The molecule has 29 heavy (non-hydrogen) atoms. The van der Waals surface area contributed by atoms with Crippen molar-refractivity contribution in [3.8, 4) is 0 Å². The Morgan fingerprint density at radius 2 is 1.97 bits per heavy atom. The van der Waals surface area contributed by atoms with Crippen molar-refractivity contribution < 1.29 is 4.79 Å². The zero-order valence-corrected chi connectivity index (χ0v) is 16.9. The first-order valence-electron chi connectivity index (χ1n) is 10.3. The molecule has 0 aromatic carbocycles. The van der Waals surface area contributed by atoms with Crippen LogP contribution in [0.25, 0.3) is 22.1 Å². The Bertz CT molecular complexity index is 1110. The lowest BCUT2D eigenvalue weighted by Crippen LogP contribution is -2.55. The van der Waals surface area contributed by atoms with Gasteiger partial charge in [-0.05, 0) is 25.5 Å². The Morgan fingerprint density at radius 1 is 1.17 bits per heavy atom. The van der Waals surface area contributed by atoms with Gasteiger partial charge in [-0.2, -0.15) is 0 Å². The highest BCUT2D eigenvalue weighted by Gasteiger charge is 2.34. The monoisotopic (exact) mass is 397 g/mol. The predicted molar refractivity (Wildman–Crippen MR) is 111 cm³/mol. The third kappa shape index (κ3) is 3.00. The van der Waals surface area contributed by atoms with Crippen LogP contribution in [0.4, 0.5) is 4.79 Å². The maximum atomic E-state index is 13.1. The zero-order valence-electron chi connectivity index (χ0n) is 16.9. The van der Waals surface area contributed by atoms with Gasteiger partial charge in [0.1, 0.15) is 5.65 Å². The molecular weight excluding hydrogens is 370 g/mol. The number of likely N-dealkylation sites (tertiary alicyclic amines) is 1. The lowest BCUT2D eigenvalue weighted by atomic mass is 9.93. The second kappa shape index (κ2) is 6.91. The molecule has 2 atom stereocenters. The molecule has 0 saturated carbocycles. The van der Waals surface area contributed by atoms with Gasteiger partial charge in [-0.3, -0.25) is 4.57 Å². The predicted octanol–water partition coefficient (Wildman–Crippen LogP) is 1.46. The third-order valence-electron chi connectivity index (χ3n) is 6.55. The van der Waals surface area contributed by atoms with E-state index in [1.165, 1.54) is 0 Å². The Hall–Kier alpha value is -2.81. The number of H-pyrrole nitrogens is 2. The first-order chi connectivity index (χ1) is 14.0. The minimum absolute atomic E-state index is 0.0677. The van der Waals surface area contributed by atoms with Crippen molar-refractivity contribution in [3.05, 3.63) is 28.9 Å². The summed E-state index contributed by atoms with van der Waals surface area (Å²) >= 11 is 0. The molecule has 2 fully saturated rings. The number of aromatic amines is 2. The Kier molecular flexibility index (Phi) is 4.34. The van der Waals surface area contributed by atoms with Crippen molar-refractivity contribution in [2.45, 2.75) is 19.4 Å². The van der Waals surface area contributed by atoms with E-state index in [0.29, 0.717) is 12.5 Å². The van der Waals surface area contributed by atoms with Gasteiger partial charge in [0.05, 0.1) is 23.3 Å². The van der Waals surface area contributed by atoms with E-state index in [1.807, 2.05) is 26.6 Å². The number of fused-ring (bicyclic) bond motifs is 3. The number of carbonyl (C=O) groups is 1. The van der Waals surface area contributed by atoms with Gasteiger partial charge in [-0.25, -0.2) is 14.6 Å². The second-order valence-corrected chi connectivity index (χ2v) is 8.41. The summed E-state index contributed by atoms with van der Waals surface area (Å²) < 4.78 is 1.85. The molecular formula is C20H27N7O2. The number of urea groups is 1. The molecule has 2 N–H and O–H groups in total. The van der Waals surface area contributed by atoms with Gasteiger partial charge in [0.2, 0.25) is 0 Å². The van der Waals surface area contributed by atoms with Crippen molar-refractivity contribution in [1.29, 1.82) is 0 Å². The van der Waals surface area contributed by atoms with Crippen molar-refractivity contribution in [3.63, 3.8) is 0 Å². The molecule has 2 aliphatic rings. The molecule has 0 aliphatic carbocycles. The molecule has 2 amide bonds. The summed E-state index contributed by atoms with van der Waals surface area (Å²) in [5.74, 6) is 0.297. The van der Waals surface area contributed by atoms with Gasteiger partial charge in [0.25, 0.3) is 0 Å². The summed E-state index contributed by atoms with van der Waals surface area (Å²) in [7, 11) is 2.08. The van der Waals surface area contributed by atoms with Crippen molar-refractivity contribution in [2.24, 2.45) is 5.92 Å². The fourth-order valence-electron chi connectivity index (χ4n) is 4.69. The van der Waals surface area contributed by atoms with Crippen molar-refractivity contribution >= 4 is 28.1 Å². The lowest BCUT2D eigenvalue weighted by Gasteiger charge is -2.41. The first-order valence-corrected chi connectivity index (χ1v) is 10.3. The molecule has 154 valence electrons. The zero-order chi connectivity index (χ0) is 20.1. The third-order valence-corrected chi connectivity index (χ3v) is 6.55. The number of pyridine rings is 1. The molecule has 9 nitrogen and oxygen atoms in total. The number of aromatic nitrogens is 4. The minimum atomic E-state index is -0.138. The molecule has 2 aliphatic heterocycles. The van der Waals surface area contributed by atoms with Crippen LogP contribution in [0.15, 0.2) is 23.3 Å². The Morgan fingerprint density at radius 3 is 2.76 bits per heavy atom. The van der Waals surface area contributed by atoms with Crippen LogP contribution in [-0.2, 0) is 0 Å². The molecule has 3 aromatic heterocycles. The average molecular weight is 397 g/mol. The van der Waals surface area contributed by atoms with Crippen LogP contribution >= 0.6 is 0 Å². The molecule has 5 rings (SSSR count). The Labute approximate surface area is 168 Å². The highest BCUT2D eigenvalue weighted by atomic mass is 16.2. The lowest BCUT2D eigenvalue weighted by molar-refractivity contribution is 0.0940. The number of nitrogens with one attached hydrogen (secondary N) is 2. The summed E-state index contributed by atoms with van der Waals surface area (Å²) in [6.07, 6.45) is 4.42. The summed E-state index contributed by atoms with van der Waals surface area (Å²) in [6.45, 7) is 6.78. The number of likely N-dealkylation sites (N-methyl/N-ethyl adjacent to an activating group) is 1. The molecule has 3 aromatic rings. The highest BCUT2D eigenvalue weighted by molar-refractivity contribution is 6.00. The van der Waals surface area contributed by atoms with E-state index in [-0.39, 0.29) is 17.8 Å². The smallest absolute Gasteiger partial charge is 0.326 e. The van der Waals surface area contributed by atoms with Gasteiger partial charge in [-0.15, -0.1) is 0 Å². The van der Waals surface area contributed by atoms with Gasteiger partial charge in [0.15, 0.2) is 0 Å². The fraction of sp³-hybridized carbons (Fsp3) is 0.550. The van der Waals surface area contributed by atoms with E-state index in [4.69, 9.17) is 0 Å². The van der Waals surface area contributed by atoms with Gasteiger partial charge in [0, 0.05) is 50.9 Å². The number of hydrogen-bond donors (Lipinski definition) is 2. The van der Waals surface area contributed by atoms with Crippen molar-refractivity contribution in [1.82, 2.24) is 34.2 Å². The molecule has 0 spiro atoms. The fourth-order valence-corrected chi connectivity index (χ4v) is 4.69. The SMILES string of the molecule is CC1CCN(C(=O)N2CCN(C)CC2)CC1n1c(=O)[nH]c2cnc3[nH]ccc3c21. The van der Waals surface area contributed by atoms with Crippen LogP contribution in [0.2, 0.25) is 0 Å². The Balaban J connectivity index is 1.49. The largest absolute Gasteiger partial charge is 0.346 e. The summed E-state index contributed by atoms with van der Waals surface area (Å²) in [5, 5.41) is 0.926. The van der Waals surface area contributed by atoms with Crippen LogP contribution in [0.1, 0.15) is 19.4 Å². The summed E-state index contributed by atoms with van der Waals surface area (Å²) in [4.78, 5) is 42.6. The molecule has 5 heterocycles. The van der Waals surface area contributed by atoms with Crippen LogP contribution < -0.4 is 5.69 Å². The number of carbonyl (C=O) groups excluding carboxylic acids is 1. The number of piperidine rings is 1. The normalized spacial score (nSPS) is 23.9. The number of rotatable bonds is 1. The number of piperazine rings is 1. The van der Waals surface area contributed by atoms with Crippen LogP contribution in [0.3, 0.4) is 0 Å². The van der Waals surface area contributed by atoms with Crippen molar-refractivity contribution in [2.75, 3.05) is 46.3 Å². The quantitative estimate of drug-likeness (QED) is 0.650. The van der Waals surface area contributed by atoms with Crippen LogP contribution in [-0.4, -0.2) is 86.6 Å². The molecule has 0 bridgehead atoms. The van der Waals surface area contributed by atoms with Gasteiger partial charge in [-0.1, -0.05) is 6.92 Å². The second-order valence-electron chi connectivity index (χ2n) is 8.41. The molecule has 9 heteroatoms. The van der Waals surface area contributed by atoms with Gasteiger partial charge < -0.3 is 24.7 Å². The molecule has 0 radical (unpaired) electrons. The molecule has 2 saturated heterocycles. The number of amides is 2. The van der Waals surface area contributed by atoms with E-state index in [1.54, 1.807) is 6.20 Å². The van der Waals surface area contributed by atoms with E-state index < -0.39 is 0 Å². The van der Waals surface area contributed by atoms with E-state index >= 15 is 0 Å². The van der Waals surface area contributed by atoms with E-state index in [9.17, 15) is 9.59 Å². The minimum Gasteiger partial charge on any atom is -0.346 e. The van der Waals surface area contributed by atoms with E-state index in [0.717, 1.165) is 61.2 Å². The maximum absolute atomic E-state index is 13.1. The highest BCUT2D eigenvalue weighted by Crippen LogP contribution is 2.31. The standard InChI is InChI=1S/C20H27N7O2/c1-13-4-6-26(20(29)25-9-7-24(2)8-10-25)12-16(13)27-17-14-3-5-21-18(14)22-11-15(17)23-19(27)28/h3,5,11,13,16H,4,6-10,12H2,1-2H3,(H,21,22)(H,23,28).